The SMILES string of the molecule is CCOC(=O)N(CC)C(=O)CC(=O)[O-].[Na+]. The molecule has 0 spiro atoms. The molecule has 0 aromatic rings. The molecule has 0 aromatic carbocycles. The van der Waals surface area contributed by atoms with E-state index in [1.165, 1.54) is 0 Å². The number of hydrogen-bond donors (Lipinski definition) is 0. The number of amides is 2. The number of hydrogen-bond acceptors (Lipinski definition) is 5. The van der Waals surface area contributed by atoms with Crippen molar-refractivity contribution in [1.29, 1.82) is 0 Å². The molecule has 0 aromatic heterocycles. The van der Waals surface area contributed by atoms with Crippen molar-refractivity contribution in [2.24, 2.45) is 0 Å². The number of rotatable bonds is 4. The van der Waals surface area contributed by atoms with E-state index >= 15 is 0 Å². The zero-order valence-electron chi connectivity index (χ0n) is 9.11. The summed E-state index contributed by atoms with van der Waals surface area (Å²) in [5.41, 5.74) is 0. The quantitative estimate of drug-likeness (QED) is 0.361. The summed E-state index contributed by atoms with van der Waals surface area (Å²) in [5.74, 6) is -2.34. The van der Waals surface area contributed by atoms with Gasteiger partial charge in [-0.2, -0.15) is 0 Å². The largest absolute Gasteiger partial charge is 1.00 e. The van der Waals surface area contributed by atoms with E-state index in [-0.39, 0.29) is 42.7 Å². The van der Waals surface area contributed by atoms with Crippen LogP contribution in [0.1, 0.15) is 20.3 Å². The van der Waals surface area contributed by atoms with Gasteiger partial charge in [0.15, 0.2) is 0 Å². The zero-order valence-corrected chi connectivity index (χ0v) is 11.1. The maximum Gasteiger partial charge on any atom is 1.00 e. The number of imide groups is 1. The van der Waals surface area contributed by atoms with Crippen LogP contribution in [0.2, 0.25) is 0 Å². The molecule has 0 bridgehead atoms. The van der Waals surface area contributed by atoms with Crippen LogP contribution >= 0.6 is 0 Å². The summed E-state index contributed by atoms with van der Waals surface area (Å²) in [6.45, 7) is 3.35. The van der Waals surface area contributed by atoms with Gasteiger partial charge < -0.3 is 14.6 Å². The Kier molecular flexibility index (Phi) is 9.76. The molecule has 0 unspecified atom stereocenters. The predicted molar refractivity (Wildman–Crippen MR) is 44.0 cm³/mol. The Morgan fingerprint density at radius 1 is 1.27 bits per heavy atom. The first-order valence-electron chi connectivity index (χ1n) is 4.19. The number of carboxylic acids is 1. The first-order valence-corrected chi connectivity index (χ1v) is 4.19. The van der Waals surface area contributed by atoms with Crippen molar-refractivity contribution in [2.75, 3.05) is 13.2 Å². The summed E-state index contributed by atoms with van der Waals surface area (Å²) in [6, 6.07) is 0. The van der Waals surface area contributed by atoms with E-state index in [0.717, 1.165) is 4.90 Å². The third kappa shape index (κ3) is 6.48. The molecule has 0 atom stereocenters. The molecule has 80 valence electrons. The fourth-order valence-electron chi connectivity index (χ4n) is 0.828. The number of carbonyl (C=O) groups is 3. The Hall–Kier alpha value is -0.590. The second-order valence-electron chi connectivity index (χ2n) is 2.39. The average Bonchev–Trinajstić information content (AvgIpc) is 2.04. The minimum absolute atomic E-state index is 0. The molecule has 0 heterocycles. The molecule has 2 amide bonds. The average molecular weight is 225 g/mol. The predicted octanol–water partition coefficient (Wildman–Crippen LogP) is -3.86. The van der Waals surface area contributed by atoms with Gasteiger partial charge in [0.2, 0.25) is 5.91 Å². The van der Waals surface area contributed by atoms with Gasteiger partial charge in [-0.1, -0.05) is 0 Å². The molecule has 0 aliphatic carbocycles. The van der Waals surface area contributed by atoms with Crippen molar-refractivity contribution in [3.05, 3.63) is 0 Å². The van der Waals surface area contributed by atoms with E-state index in [2.05, 4.69) is 4.74 Å². The van der Waals surface area contributed by atoms with Crippen molar-refractivity contribution in [1.82, 2.24) is 4.90 Å². The molecule has 0 radical (unpaired) electrons. The summed E-state index contributed by atoms with van der Waals surface area (Å²) in [6.07, 6.45) is -1.65. The number of aliphatic carboxylic acids is 1. The van der Waals surface area contributed by atoms with Crippen LogP contribution in [0, 0.1) is 0 Å². The minimum Gasteiger partial charge on any atom is -0.550 e. The Morgan fingerprint density at radius 2 is 1.80 bits per heavy atom. The molecular weight excluding hydrogens is 213 g/mol. The van der Waals surface area contributed by atoms with E-state index < -0.39 is 24.4 Å². The van der Waals surface area contributed by atoms with Gasteiger partial charge in [-0.05, 0) is 13.8 Å². The molecule has 0 saturated carbocycles. The van der Waals surface area contributed by atoms with Gasteiger partial charge >= 0.3 is 35.7 Å². The van der Waals surface area contributed by atoms with E-state index in [9.17, 15) is 19.5 Å². The molecular formula is C8H12NNaO5. The standard InChI is InChI=1S/C8H13NO5.Na/c1-3-9(8(13)14-4-2)6(10)5-7(11)12;/h3-5H2,1-2H3,(H,11,12);/q;+1/p-1. The van der Waals surface area contributed by atoms with E-state index in [1.54, 1.807) is 13.8 Å². The monoisotopic (exact) mass is 225 g/mol. The Balaban J connectivity index is 0. The summed E-state index contributed by atoms with van der Waals surface area (Å²) in [7, 11) is 0. The Bertz CT molecular complexity index is 243. The fraction of sp³-hybridized carbons (Fsp3) is 0.625. The molecule has 7 heteroatoms. The van der Waals surface area contributed by atoms with Crippen LogP contribution in [-0.2, 0) is 14.3 Å². The smallest absolute Gasteiger partial charge is 0.550 e. The van der Waals surface area contributed by atoms with Crippen LogP contribution in [0.15, 0.2) is 0 Å². The van der Waals surface area contributed by atoms with E-state index in [4.69, 9.17) is 0 Å². The second-order valence-corrected chi connectivity index (χ2v) is 2.39. The van der Waals surface area contributed by atoms with Gasteiger partial charge in [-0.25, -0.2) is 9.69 Å². The normalized spacial score (nSPS) is 8.67. The van der Waals surface area contributed by atoms with Gasteiger partial charge in [0.25, 0.3) is 0 Å². The van der Waals surface area contributed by atoms with Gasteiger partial charge in [0, 0.05) is 6.54 Å². The summed E-state index contributed by atoms with van der Waals surface area (Å²) < 4.78 is 4.55. The van der Waals surface area contributed by atoms with Gasteiger partial charge in [0.05, 0.1) is 19.0 Å². The van der Waals surface area contributed by atoms with Gasteiger partial charge in [-0.15, -0.1) is 0 Å². The van der Waals surface area contributed by atoms with Crippen LogP contribution in [0.25, 0.3) is 0 Å². The Morgan fingerprint density at radius 3 is 2.13 bits per heavy atom. The molecule has 0 aliphatic heterocycles. The summed E-state index contributed by atoms with van der Waals surface area (Å²) >= 11 is 0. The van der Waals surface area contributed by atoms with Crippen LogP contribution in [-0.4, -0.2) is 36.0 Å². The van der Waals surface area contributed by atoms with Crippen molar-refractivity contribution in [3.63, 3.8) is 0 Å². The molecule has 0 fully saturated rings. The van der Waals surface area contributed by atoms with Crippen LogP contribution in [0.5, 0.6) is 0 Å². The molecule has 0 aliphatic rings. The van der Waals surface area contributed by atoms with Crippen LogP contribution in [0.3, 0.4) is 0 Å². The minimum atomic E-state index is -1.52. The van der Waals surface area contributed by atoms with Crippen LogP contribution in [0.4, 0.5) is 4.79 Å². The molecule has 0 N–H and O–H groups in total. The maximum atomic E-state index is 11.1. The molecule has 15 heavy (non-hydrogen) atoms. The topological polar surface area (TPSA) is 86.7 Å². The maximum absolute atomic E-state index is 11.1. The van der Waals surface area contributed by atoms with Crippen molar-refractivity contribution in [2.45, 2.75) is 20.3 Å². The third-order valence-corrected chi connectivity index (χ3v) is 1.40. The van der Waals surface area contributed by atoms with Crippen molar-refractivity contribution >= 4 is 18.0 Å². The van der Waals surface area contributed by atoms with E-state index in [0.29, 0.717) is 0 Å². The number of nitrogens with zero attached hydrogens (tertiary/aromatic N) is 1. The van der Waals surface area contributed by atoms with E-state index in [1.807, 2.05) is 0 Å². The van der Waals surface area contributed by atoms with Crippen molar-refractivity contribution in [3.8, 4) is 0 Å². The van der Waals surface area contributed by atoms with Gasteiger partial charge in [0.1, 0.15) is 0 Å². The molecule has 6 nitrogen and oxygen atoms in total. The number of ether oxygens (including phenoxy) is 1. The fourth-order valence-corrected chi connectivity index (χ4v) is 0.828. The summed E-state index contributed by atoms with van der Waals surface area (Å²) in [5, 5.41) is 10.1. The zero-order chi connectivity index (χ0) is 11.1. The second kappa shape index (κ2) is 8.70. The number of carbonyl (C=O) groups excluding carboxylic acids is 3. The van der Waals surface area contributed by atoms with Crippen molar-refractivity contribution < 1.29 is 53.8 Å². The first kappa shape index (κ1) is 16.8. The summed E-state index contributed by atoms with van der Waals surface area (Å²) in [4.78, 5) is 33.0. The molecule has 0 rings (SSSR count). The molecule has 0 saturated heterocycles. The first-order chi connectivity index (χ1) is 6.52. The van der Waals surface area contributed by atoms with Gasteiger partial charge in [-0.3, -0.25) is 4.79 Å². The van der Waals surface area contributed by atoms with Crippen LogP contribution < -0.4 is 34.7 Å². The Labute approximate surface area is 110 Å². The third-order valence-electron chi connectivity index (χ3n) is 1.40. The number of carboxylic acid groups (broad SMARTS) is 1.